The van der Waals surface area contributed by atoms with E-state index in [0.717, 1.165) is 12.1 Å². The van der Waals surface area contributed by atoms with Crippen molar-refractivity contribution < 1.29 is 22.7 Å². The zero-order valence-electron chi connectivity index (χ0n) is 10.7. The lowest BCUT2D eigenvalue weighted by Crippen LogP contribution is -2.13. The highest BCUT2D eigenvalue weighted by atomic mass is 35.5. The van der Waals surface area contributed by atoms with Crippen LogP contribution >= 0.6 is 11.6 Å². The van der Waals surface area contributed by atoms with Crippen molar-refractivity contribution in [3.05, 3.63) is 70.0 Å². The van der Waals surface area contributed by atoms with Gasteiger partial charge in [0.2, 0.25) is 0 Å². The summed E-state index contributed by atoms with van der Waals surface area (Å²) < 4.78 is 52.2. The molecule has 1 unspecified atom stereocenters. The van der Waals surface area contributed by atoms with Gasteiger partial charge in [0.25, 0.3) is 0 Å². The highest BCUT2D eigenvalue weighted by molar-refractivity contribution is 6.30. The highest BCUT2D eigenvalue weighted by Crippen LogP contribution is 2.35. The Bertz CT molecular complexity index is 640. The van der Waals surface area contributed by atoms with Gasteiger partial charge in [-0.2, -0.15) is 13.2 Å². The first-order valence-corrected chi connectivity index (χ1v) is 6.45. The third-order valence-corrected chi connectivity index (χ3v) is 3.28. The fraction of sp³-hybridized carbons (Fsp3) is 0.200. The summed E-state index contributed by atoms with van der Waals surface area (Å²) >= 11 is 5.72. The van der Waals surface area contributed by atoms with E-state index in [1.807, 2.05) is 0 Å². The molecular weight excluding hydrogens is 308 g/mol. The van der Waals surface area contributed by atoms with Gasteiger partial charge in [-0.05, 0) is 35.4 Å². The molecule has 21 heavy (non-hydrogen) atoms. The van der Waals surface area contributed by atoms with Crippen LogP contribution in [-0.4, -0.2) is 5.11 Å². The molecule has 0 saturated heterocycles. The molecule has 6 heteroatoms. The van der Waals surface area contributed by atoms with Gasteiger partial charge >= 0.3 is 6.18 Å². The van der Waals surface area contributed by atoms with Crippen LogP contribution in [0.5, 0.6) is 0 Å². The fourth-order valence-electron chi connectivity index (χ4n) is 2.06. The molecule has 0 saturated carbocycles. The molecule has 1 atom stereocenters. The second-order valence-electron chi connectivity index (χ2n) is 4.54. The average molecular weight is 319 g/mol. The maximum absolute atomic E-state index is 13.6. The molecule has 1 N–H and O–H groups in total. The number of benzene rings is 2. The number of aliphatic hydroxyl groups excluding tert-OH is 1. The Morgan fingerprint density at radius 2 is 1.76 bits per heavy atom. The number of rotatable bonds is 3. The summed E-state index contributed by atoms with van der Waals surface area (Å²) in [4.78, 5) is 0. The van der Waals surface area contributed by atoms with E-state index in [-0.39, 0.29) is 22.6 Å². The Morgan fingerprint density at radius 1 is 1.10 bits per heavy atom. The third-order valence-electron chi connectivity index (χ3n) is 3.05. The number of aliphatic hydroxyl groups is 1. The molecule has 0 aliphatic heterocycles. The first kappa shape index (κ1) is 15.8. The van der Waals surface area contributed by atoms with E-state index in [0.29, 0.717) is 0 Å². The monoisotopic (exact) mass is 318 g/mol. The van der Waals surface area contributed by atoms with E-state index in [1.165, 1.54) is 30.3 Å². The van der Waals surface area contributed by atoms with E-state index in [2.05, 4.69) is 0 Å². The van der Waals surface area contributed by atoms with Gasteiger partial charge in [0.1, 0.15) is 5.82 Å². The summed E-state index contributed by atoms with van der Waals surface area (Å²) in [5.41, 5.74) is -1.16. The molecule has 112 valence electrons. The molecule has 0 fully saturated rings. The van der Waals surface area contributed by atoms with Crippen molar-refractivity contribution in [1.29, 1.82) is 0 Å². The van der Waals surface area contributed by atoms with E-state index in [4.69, 9.17) is 11.6 Å². The maximum atomic E-state index is 13.6. The molecule has 0 aromatic heterocycles. The molecule has 2 aromatic rings. The van der Waals surface area contributed by atoms with Crippen LogP contribution in [0, 0.1) is 5.82 Å². The van der Waals surface area contributed by atoms with Crippen molar-refractivity contribution in [2.24, 2.45) is 0 Å². The maximum Gasteiger partial charge on any atom is 0.416 e. The van der Waals surface area contributed by atoms with Crippen molar-refractivity contribution in [1.82, 2.24) is 0 Å². The fourth-order valence-corrected chi connectivity index (χ4v) is 2.26. The van der Waals surface area contributed by atoms with E-state index in [1.54, 1.807) is 0 Å². The summed E-state index contributed by atoms with van der Waals surface area (Å²) in [5, 5.41) is 10.3. The van der Waals surface area contributed by atoms with Crippen molar-refractivity contribution in [2.75, 3.05) is 0 Å². The quantitative estimate of drug-likeness (QED) is 0.808. The Kier molecular flexibility index (Phi) is 4.54. The standard InChI is InChI=1S/C15H11ClF4O/c16-10-5-6-13(17)9(7-10)8-14(21)11-3-1-2-4-12(11)15(18,19)20/h1-7,14,21H,8H2. The zero-order valence-corrected chi connectivity index (χ0v) is 11.4. The van der Waals surface area contributed by atoms with Gasteiger partial charge in [-0.15, -0.1) is 0 Å². The Morgan fingerprint density at radius 3 is 2.43 bits per heavy atom. The van der Waals surface area contributed by atoms with Crippen LogP contribution in [-0.2, 0) is 12.6 Å². The first-order chi connectivity index (χ1) is 9.79. The van der Waals surface area contributed by atoms with Crippen LogP contribution < -0.4 is 0 Å². The SMILES string of the molecule is OC(Cc1cc(Cl)ccc1F)c1ccccc1C(F)(F)F. The Labute approximate surface area is 123 Å². The van der Waals surface area contributed by atoms with Crippen LogP contribution in [0.1, 0.15) is 22.8 Å². The molecule has 0 aliphatic rings. The predicted octanol–water partition coefficient (Wildman–Crippen LogP) is 4.77. The van der Waals surface area contributed by atoms with Gasteiger partial charge in [-0.1, -0.05) is 29.8 Å². The predicted molar refractivity (Wildman–Crippen MR) is 71.5 cm³/mol. The van der Waals surface area contributed by atoms with Crippen LogP contribution in [0.4, 0.5) is 17.6 Å². The molecule has 2 aromatic carbocycles. The second kappa shape index (κ2) is 6.03. The van der Waals surface area contributed by atoms with Gasteiger partial charge in [-0.3, -0.25) is 0 Å². The summed E-state index contributed by atoms with van der Waals surface area (Å²) in [6.07, 6.45) is -6.35. The minimum Gasteiger partial charge on any atom is -0.388 e. The van der Waals surface area contributed by atoms with Crippen LogP contribution in [0.2, 0.25) is 5.02 Å². The summed E-state index contributed by atoms with van der Waals surface area (Å²) in [6.45, 7) is 0. The van der Waals surface area contributed by atoms with Gasteiger partial charge in [0.15, 0.2) is 0 Å². The smallest absolute Gasteiger partial charge is 0.388 e. The van der Waals surface area contributed by atoms with Gasteiger partial charge in [0, 0.05) is 11.4 Å². The van der Waals surface area contributed by atoms with Crippen molar-refractivity contribution >= 4 is 11.6 Å². The largest absolute Gasteiger partial charge is 0.416 e. The molecule has 0 radical (unpaired) electrons. The van der Waals surface area contributed by atoms with E-state index >= 15 is 0 Å². The summed E-state index contributed by atoms with van der Waals surface area (Å²) in [7, 11) is 0. The Hall–Kier alpha value is -1.59. The van der Waals surface area contributed by atoms with Crippen molar-refractivity contribution in [3.8, 4) is 0 Å². The molecule has 0 amide bonds. The van der Waals surface area contributed by atoms with Crippen LogP contribution in [0.25, 0.3) is 0 Å². The number of hydrogen-bond donors (Lipinski definition) is 1. The summed E-state index contributed by atoms with van der Waals surface area (Å²) in [6, 6.07) is 8.41. The van der Waals surface area contributed by atoms with E-state index in [9.17, 15) is 22.7 Å². The van der Waals surface area contributed by atoms with Gasteiger partial charge in [-0.25, -0.2) is 4.39 Å². The molecule has 2 rings (SSSR count). The van der Waals surface area contributed by atoms with Crippen molar-refractivity contribution in [2.45, 2.75) is 18.7 Å². The Balaban J connectivity index is 2.33. The molecule has 0 aliphatic carbocycles. The number of halogens is 5. The lowest BCUT2D eigenvalue weighted by molar-refractivity contribution is -0.139. The molecule has 0 heterocycles. The topological polar surface area (TPSA) is 20.2 Å². The number of alkyl halides is 3. The second-order valence-corrected chi connectivity index (χ2v) is 4.98. The lowest BCUT2D eigenvalue weighted by atomic mass is 9.96. The van der Waals surface area contributed by atoms with Crippen LogP contribution in [0.3, 0.4) is 0 Å². The first-order valence-electron chi connectivity index (χ1n) is 6.07. The minimum atomic E-state index is -4.58. The molecule has 0 bridgehead atoms. The normalized spacial score (nSPS) is 13.2. The van der Waals surface area contributed by atoms with Crippen LogP contribution in [0.15, 0.2) is 42.5 Å². The van der Waals surface area contributed by atoms with E-state index < -0.39 is 23.7 Å². The summed E-state index contributed by atoms with van der Waals surface area (Å²) in [5.74, 6) is -0.622. The minimum absolute atomic E-state index is 0.0620. The third kappa shape index (κ3) is 3.74. The molecule has 0 spiro atoms. The average Bonchev–Trinajstić information content (AvgIpc) is 2.42. The molecule has 1 nitrogen and oxygen atoms in total. The molecular formula is C15H11ClF4O. The zero-order chi connectivity index (χ0) is 15.6. The van der Waals surface area contributed by atoms with Crippen molar-refractivity contribution in [3.63, 3.8) is 0 Å². The number of hydrogen-bond acceptors (Lipinski definition) is 1. The lowest BCUT2D eigenvalue weighted by Gasteiger charge is -2.17. The van der Waals surface area contributed by atoms with Gasteiger partial charge in [0.05, 0.1) is 11.7 Å². The van der Waals surface area contributed by atoms with Gasteiger partial charge < -0.3 is 5.11 Å². The highest BCUT2D eigenvalue weighted by Gasteiger charge is 2.34.